The summed E-state index contributed by atoms with van der Waals surface area (Å²) in [5.74, 6) is 1.74. The molecule has 0 aliphatic carbocycles. The maximum absolute atomic E-state index is 10.3. The number of benzene rings is 3. The van der Waals surface area contributed by atoms with Gasteiger partial charge in [0, 0.05) is 31.7 Å². The highest BCUT2D eigenvalue weighted by atomic mass is 16.3. The van der Waals surface area contributed by atoms with Crippen LogP contribution in [0.25, 0.3) is 11.1 Å². The molecule has 5 rings (SSSR count). The molecule has 3 aromatic carbocycles. The van der Waals surface area contributed by atoms with Gasteiger partial charge in [-0.3, -0.25) is 9.80 Å². The fraction of sp³-hybridized carbons (Fsp3) is 0.267. The molecule has 1 N–H and O–H groups in total. The van der Waals surface area contributed by atoms with Gasteiger partial charge in [0.1, 0.15) is 11.5 Å². The summed E-state index contributed by atoms with van der Waals surface area (Å²) in [7, 11) is 0. The number of aryl methyl sites for hydroxylation is 1. The standard InChI is InChI=1S/C30H32N2O2/c1-23-27(24-11-5-2-6-12-24)21-29(34-23)28(22-33)31-17-19-32(20-18-31)30(25-13-7-3-8-14-25)26-15-9-4-10-16-26/h2-16,21,28,30,33H,17-20,22H2,1H3. The smallest absolute Gasteiger partial charge is 0.124 e. The lowest BCUT2D eigenvalue weighted by Gasteiger charge is -2.41. The molecule has 1 atom stereocenters. The molecule has 1 aliphatic rings. The van der Waals surface area contributed by atoms with E-state index in [4.69, 9.17) is 4.42 Å². The van der Waals surface area contributed by atoms with Crippen LogP contribution in [0.3, 0.4) is 0 Å². The van der Waals surface area contributed by atoms with E-state index >= 15 is 0 Å². The largest absolute Gasteiger partial charge is 0.464 e. The molecule has 1 aromatic heterocycles. The lowest BCUT2D eigenvalue weighted by atomic mass is 9.96. The van der Waals surface area contributed by atoms with E-state index in [2.05, 4.69) is 88.7 Å². The van der Waals surface area contributed by atoms with Crippen molar-refractivity contribution in [3.05, 3.63) is 120 Å². The average Bonchev–Trinajstić information content (AvgIpc) is 3.28. The van der Waals surface area contributed by atoms with Gasteiger partial charge in [-0.25, -0.2) is 0 Å². The summed E-state index contributed by atoms with van der Waals surface area (Å²) in [4.78, 5) is 4.91. The lowest BCUT2D eigenvalue weighted by molar-refractivity contribution is 0.0443. The molecule has 0 radical (unpaired) electrons. The Labute approximate surface area is 202 Å². The molecule has 1 saturated heterocycles. The van der Waals surface area contributed by atoms with Crippen LogP contribution in [0, 0.1) is 6.92 Å². The summed E-state index contributed by atoms with van der Waals surface area (Å²) in [6, 6.07) is 34.0. The first kappa shape index (κ1) is 22.6. The third kappa shape index (κ3) is 4.71. The fourth-order valence-electron chi connectivity index (χ4n) is 5.15. The highest BCUT2D eigenvalue weighted by Gasteiger charge is 2.31. The summed E-state index contributed by atoms with van der Waals surface area (Å²) < 4.78 is 6.17. The van der Waals surface area contributed by atoms with E-state index in [1.54, 1.807) is 0 Å². The molecule has 1 unspecified atom stereocenters. The van der Waals surface area contributed by atoms with Gasteiger partial charge in [0.25, 0.3) is 0 Å². The monoisotopic (exact) mass is 452 g/mol. The van der Waals surface area contributed by atoms with Gasteiger partial charge in [0.2, 0.25) is 0 Å². The van der Waals surface area contributed by atoms with Crippen molar-refractivity contribution in [2.24, 2.45) is 0 Å². The number of furan rings is 1. The number of aliphatic hydroxyl groups excluding tert-OH is 1. The van der Waals surface area contributed by atoms with Gasteiger partial charge >= 0.3 is 0 Å². The molecular formula is C30H32N2O2. The van der Waals surface area contributed by atoms with Crippen LogP contribution in [-0.4, -0.2) is 47.7 Å². The summed E-state index contributed by atoms with van der Waals surface area (Å²) >= 11 is 0. The molecule has 1 aliphatic heterocycles. The van der Waals surface area contributed by atoms with E-state index in [-0.39, 0.29) is 18.7 Å². The fourth-order valence-corrected chi connectivity index (χ4v) is 5.15. The number of nitrogens with zero attached hydrogens (tertiary/aromatic N) is 2. The van der Waals surface area contributed by atoms with E-state index in [1.807, 2.05) is 25.1 Å². The first-order valence-corrected chi connectivity index (χ1v) is 12.1. The van der Waals surface area contributed by atoms with Crippen molar-refractivity contribution in [1.29, 1.82) is 0 Å². The van der Waals surface area contributed by atoms with Gasteiger partial charge in [-0.1, -0.05) is 91.0 Å². The van der Waals surface area contributed by atoms with Crippen LogP contribution in [-0.2, 0) is 0 Å². The zero-order chi connectivity index (χ0) is 23.3. The van der Waals surface area contributed by atoms with Gasteiger partial charge in [-0.2, -0.15) is 0 Å². The summed E-state index contributed by atoms with van der Waals surface area (Å²) in [6.45, 7) is 5.65. The van der Waals surface area contributed by atoms with E-state index in [9.17, 15) is 5.11 Å². The van der Waals surface area contributed by atoms with Crippen molar-refractivity contribution < 1.29 is 9.52 Å². The molecule has 4 aromatic rings. The SMILES string of the molecule is Cc1oc(C(CO)N2CCN(C(c3ccccc3)c3ccccc3)CC2)cc1-c1ccccc1. The Bertz CT molecular complexity index is 1130. The normalized spacial score (nSPS) is 16.1. The van der Waals surface area contributed by atoms with Crippen molar-refractivity contribution in [2.45, 2.75) is 19.0 Å². The molecule has 0 bridgehead atoms. The van der Waals surface area contributed by atoms with E-state index in [0.717, 1.165) is 48.8 Å². The van der Waals surface area contributed by atoms with Crippen LogP contribution in [0.1, 0.15) is 34.7 Å². The Morgan fingerprint density at radius 3 is 1.76 bits per heavy atom. The van der Waals surface area contributed by atoms with Gasteiger partial charge in [0.05, 0.1) is 18.7 Å². The Kier molecular flexibility index (Phi) is 6.91. The van der Waals surface area contributed by atoms with Gasteiger partial charge in [0.15, 0.2) is 0 Å². The summed E-state index contributed by atoms with van der Waals surface area (Å²) in [5.41, 5.74) is 4.87. The molecular weight excluding hydrogens is 420 g/mol. The minimum Gasteiger partial charge on any atom is -0.464 e. The average molecular weight is 453 g/mol. The van der Waals surface area contributed by atoms with Gasteiger partial charge in [-0.05, 0) is 29.7 Å². The molecule has 174 valence electrons. The maximum atomic E-state index is 10.3. The molecule has 0 amide bonds. The summed E-state index contributed by atoms with van der Waals surface area (Å²) in [5, 5.41) is 10.3. The predicted octanol–water partition coefficient (Wildman–Crippen LogP) is 5.70. The van der Waals surface area contributed by atoms with E-state index in [0.29, 0.717) is 0 Å². The first-order valence-electron chi connectivity index (χ1n) is 12.1. The van der Waals surface area contributed by atoms with Crippen LogP contribution < -0.4 is 0 Å². The molecule has 2 heterocycles. The highest BCUT2D eigenvalue weighted by Crippen LogP contribution is 2.34. The molecule has 0 saturated carbocycles. The number of piperazine rings is 1. The molecule has 4 heteroatoms. The van der Waals surface area contributed by atoms with Gasteiger partial charge < -0.3 is 9.52 Å². The van der Waals surface area contributed by atoms with E-state index < -0.39 is 0 Å². The van der Waals surface area contributed by atoms with E-state index in [1.165, 1.54) is 11.1 Å². The van der Waals surface area contributed by atoms with Crippen molar-refractivity contribution in [1.82, 2.24) is 9.80 Å². The Balaban J connectivity index is 1.34. The third-order valence-electron chi connectivity index (χ3n) is 6.91. The topological polar surface area (TPSA) is 39.9 Å². The first-order chi connectivity index (χ1) is 16.7. The number of hydrogen-bond acceptors (Lipinski definition) is 4. The molecule has 1 fully saturated rings. The van der Waals surface area contributed by atoms with Crippen molar-refractivity contribution in [3.8, 4) is 11.1 Å². The summed E-state index contributed by atoms with van der Waals surface area (Å²) in [6.07, 6.45) is 0. The minimum atomic E-state index is -0.134. The number of aliphatic hydroxyl groups is 1. The third-order valence-corrected chi connectivity index (χ3v) is 6.91. The second kappa shape index (κ2) is 10.4. The van der Waals surface area contributed by atoms with Gasteiger partial charge in [-0.15, -0.1) is 0 Å². The van der Waals surface area contributed by atoms with Crippen LogP contribution in [0.4, 0.5) is 0 Å². The lowest BCUT2D eigenvalue weighted by Crippen LogP contribution is -2.49. The maximum Gasteiger partial charge on any atom is 0.124 e. The predicted molar refractivity (Wildman–Crippen MR) is 137 cm³/mol. The molecule has 4 nitrogen and oxygen atoms in total. The number of hydrogen-bond donors (Lipinski definition) is 1. The highest BCUT2D eigenvalue weighted by molar-refractivity contribution is 5.65. The molecule has 34 heavy (non-hydrogen) atoms. The zero-order valence-corrected chi connectivity index (χ0v) is 19.7. The quantitative estimate of drug-likeness (QED) is 0.391. The second-order valence-corrected chi connectivity index (χ2v) is 8.98. The Morgan fingerprint density at radius 1 is 0.735 bits per heavy atom. The van der Waals surface area contributed by atoms with Crippen molar-refractivity contribution in [2.75, 3.05) is 32.8 Å². The van der Waals surface area contributed by atoms with Crippen LogP contribution >= 0.6 is 0 Å². The minimum absolute atomic E-state index is 0.0436. The second-order valence-electron chi connectivity index (χ2n) is 8.98. The van der Waals surface area contributed by atoms with Crippen molar-refractivity contribution >= 4 is 0 Å². The Hall–Kier alpha value is -3.18. The Morgan fingerprint density at radius 2 is 1.24 bits per heavy atom. The van der Waals surface area contributed by atoms with Crippen molar-refractivity contribution in [3.63, 3.8) is 0 Å². The molecule has 0 spiro atoms. The van der Waals surface area contributed by atoms with Crippen LogP contribution in [0.15, 0.2) is 101 Å². The van der Waals surface area contributed by atoms with Crippen LogP contribution in [0.2, 0.25) is 0 Å². The number of rotatable bonds is 7. The zero-order valence-electron chi connectivity index (χ0n) is 19.7. The van der Waals surface area contributed by atoms with Crippen LogP contribution in [0.5, 0.6) is 0 Å².